The summed E-state index contributed by atoms with van der Waals surface area (Å²) in [7, 11) is -3.00. The summed E-state index contributed by atoms with van der Waals surface area (Å²) in [5, 5.41) is 10.5. The van der Waals surface area contributed by atoms with Crippen molar-refractivity contribution < 1.29 is 0 Å². The highest BCUT2D eigenvalue weighted by atomic mass is 28.3. The average molecular weight is 667 g/mol. The number of nitrogens with zero attached hydrogens (tertiary/aromatic N) is 2. The molecule has 0 bridgehead atoms. The van der Waals surface area contributed by atoms with Gasteiger partial charge in [0.1, 0.15) is 0 Å². The molecule has 0 fully saturated rings. The fourth-order valence-corrected chi connectivity index (χ4v) is 13.6. The summed E-state index contributed by atoms with van der Waals surface area (Å²) in [6, 6.07) is 76.2. The molecule has 0 radical (unpaired) electrons. The molecule has 0 aliphatic rings. The van der Waals surface area contributed by atoms with Gasteiger partial charge in [-0.1, -0.05) is 164 Å². The van der Waals surface area contributed by atoms with E-state index in [-0.39, 0.29) is 0 Å². The van der Waals surface area contributed by atoms with E-state index in [0.29, 0.717) is 0 Å². The normalized spacial score (nSPS) is 11.9. The first-order valence-corrected chi connectivity index (χ1v) is 19.6. The number of aromatic nitrogens is 2. The van der Waals surface area contributed by atoms with E-state index in [1.165, 1.54) is 64.4 Å². The van der Waals surface area contributed by atoms with Gasteiger partial charge in [-0.2, -0.15) is 0 Å². The van der Waals surface area contributed by atoms with Crippen LogP contribution in [0.15, 0.2) is 206 Å². The second-order valence-electron chi connectivity index (χ2n) is 13.3. The quantitative estimate of drug-likeness (QED) is 0.124. The van der Waals surface area contributed by atoms with Gasteiger partial charge in [-0.25, -0.2) is 0 Å². The number of fused-ring (bicyclic) bond motifs is 7. The first kappa shape index (κ1) is 29.5. The number of rotatable bonds is 6. The zero-order valence-electron chi connectivity index (χ0n) is 28.0. The van der Waals surface area contributed by atoms with Crippen molar-refractivity contribution in [3.05, 3.63) is 206 Å². The lowest BCUT2D eigenvalue weighted by atomic mass is 10.1. The Balaban J connectivity index is 1.55. The molecule has 0 atom stereocenters. The van der Waals surface area contributed by atoms with Gasteiger partial charge in [-0.3, -0.25) is 0 Å². The van der Waals surface area contributed by atoms with Gasteiger partial charge in [0, 0.05) is 32.9 Å². The van der Waals surface area contributed by atoms with Crippen LogP contribution in [0, 0.1) is 0 Å². The van der Waals surface area contributed by atoms with Crippen LogP contribution in [0.4, 0.5) is 0 Å². The standard InChI is InChI=1S/C48H34N2Si/c1-6-20-35(21-7-1)49-43-32-18-16-30-40(43)42-34-45(48-46(47(42)49)41-31-17-19-33-44(41)50(48)36-22-8-2-9-23-36)51(37-24-10-3-11-25-37,38-26-12-4-13-27-38)39-28-14-5-15-29-39/h1-34H. The van der Waals surface area contributed by atoms with Gasteiger partial charge < -0.3 is 9.13 Å². The molecule has 0 unspecified atom stereocenters. The topological polar surface area (TPSA) is 9.86 Å². The van der Waals surface area contributed by atoms with Crippen LogP contribution in [0.2, 0.25) is 0 Å². The number of para-hydroxylation sites is 4. The number of hydrogen-bond donors (Lipinski definition) is 0. The van der Waals surface area contributed by atoms with Crippen LogP contribution in [-0.2, 0) is 0 Å². The highest BCUT2D eigenvalue weighted by Gasteiger charge is 2.44. The molecular weight excluding hydrogens is 633 g/mol. The fraction of sp³-hybridized carbons (Fsp3) is 0. The van der Waals surface area contributed by atoms with Gasteiger partial charge in [0.25, 0.3) is 0 Å². The molecule has 2 aromatic heterocycles. The Morgan fingerprint density at radius 3 is 1.18 bits per heavy atom. The highest BCUT2D eigenvalue weighted by molar-refractivity contribution is 7.20. The third-order valence-electron chi connectivity index (χ3n) is 10.6. The van der Waals surface area contributed by atoms with Gasteiger partial charge >= 0.3 is 0 Å². The SMILES string of the molecule is c1ccc(-n2c3ccccc3c3c2c([Si](c2ccccc2)(c2ccccc2)c2ccccc2)cc2c4ccccc4n(-c4ccccc4)c23)cc1. The zero-order chi connectivity index (χ0) is 33.8. The maximum atomic E-state index is 2.58. The van der Waals surface area contributed by atoms with Crippen molar-refractivity contribution in [2.24, 2.45) is 0 Å². The molecule has 0 aliphatic carbocycles. The summed E-state index contributed by atoms with van der Waals surface area (Å²) < 4.78 is 5.04. The lowest BCUT2D eigenvalue weighted by Crippen LogP contribution is -2.75. The molecule has 51 heavy (non-hydrogen) atoms. The molecule has 10 aromatic rings. The molecule has 0 aliphatic heterocycles. The van der Waals surface area contributed by atoms with Crippen molar-refractivity contribution in [1.29, 1.82) is 0 Å². The predicted molar refractivity (Wildman–Crippen MR) is 219 cm³/mol. The maximum Gasteiger partial charge on any atom is 0.181 e. The van der Waals surface area contributed by atoms with E-state index in [4.69, 9.17) is 0 Å². The van der Waals surface area contributed by atoms with E-state index in [0.717, 1.165) is 11.4 Å². The van der Waals surface area contributed by atoms with Gasteiger partial charge in [0.15, 0.2) is 8.07 Å². The lowest BCUT2D eigenvalue weighted by Gasteiger charge is -2.35. The van der Waals surface area contributed by atoms with Crippen LogP contribution in [0.5, 0.6) is 0 Å². The molecule has 0 spiro atoms. The van der Waals surface area contributed by atoms with Crippen molar-refractivity contribution in [3.63, 3.8) is 0 Å². The fourth-order valence-electron chi connectivity index (χ4n) is 8.61. The molecule has 2 heterocycles. The largest absolute Gasteiger partial charge is 0.309 e. The van der Waals surface area contributed by atoms with E-state index in [1.807, 2.05) is 0 Å². The third kappa shape index (κ3) is 4.35. The molecule has 0 saturated heterocycles. The van der Waals surface area contributed by atoms with Crippen LogP contribution >= 0.6 is 0 Å². The van der Waals surface area contributed by atoms with E-state index >= 15 is 0 Å². The molecule has 10 rings (SSSR count). The number of hydrogen-bond acceptors (Lipinski definition) is 0. The van der Waals surface area contributed by atoms with E-state index < -0.39 is 8.07 Å². The Labute approximate surface area is 298 Å². The summed E-state index contributed by atoms with van der Waals surface area (Å²) in [5.41, 5.74) is 7.23. The molecule has 2 nitrogen and oxygen atoms in total. The van der Waals surface area contributed by atoms with Gasteiger partial charge in [-0.15, -0.1) is 0 Å². The van der Waals surface area contributed by atoms with Gasteiger partial charge in [0.05, 0.1) is 22.1 Å². The van der Waals surface area contributed by atoms with Crippen LogP contribution in [0.25, 0.3) is 55.0 Å². The lowest BCUT2D eigenvalue weighted by molar-refractivity contribution is 1.18. The van der Waals surface area contributed by atoms with Crippen molar-refractivity contribution in [3.8, 4) is 11.4 Å². The molecule has 0 saturated carbocycles. The van der Waals surface area contributed by atoms with Gasteiger partial charge in [-0.05, 0) is 63.2 Å². The summed E-state index contributed by atoms with van der Waals surface area (Å²) >= 11 is 0. The van der Waals surface area contributed by atoms with E-state index in [9.17, 15) is 0 Å². The highest BCUT2D eigenvalue weighted by Crippen LogP contribution is 2.42. The van der Waals surface area contributed by atoms with Crippen LogP contribution in [0.1, 0.15) is 0 Å². The molecular formula is C48H34N2Si. The zero-order valence-corrected chi connectivity index (χ0v) is 29.0. The second kappa shape index (κ2) is 11.9. The van der Waals surface area contributed by atoms with Crippen molar-refractivity contribution in [2.75, 3.05) is 0 Å². The molecule has 3 heteroatoms. The minimum atomic E-state index is -3.00. The van der Waals surface area contributed by atoms with E-state index in [2.05, 4.69) is 215 Å². The minimum Gasteiger partial charge on any atom is -0.309 e. The Morgan fingerprint density at radius 2 is 0.686 bits per heavy atom. The van der Waals surface area contributed by atoms with Crippen molar-refractivity contribution in [1.82, 2.24) is 9.13 Å². The number of benzene rings is 8. The average Bonchev–Trinajstić information content (AvgIpc) is 3.73. The summed E-state index contributed by atoms with van der Waals surface area (Å²) in [6.45, 7) is 0. The van der Waals surface area contributed by atoms with Crippen LogP contribution in [-0.4, -0.2) is 17.2 Å². The Kier molecular flexibility index (Phi) is 6.86. The Hall–Kier alpha value is -6.42. The predicted octanol–water partition coefficient (Wildman–Crippen LogP) is 9.26. The second-order valence-corrected chi connectivity index (χ2v) is 17.0. The monoisotopic (exact) mass is 666 g/mol. The molecule has 8 aromatic carbocycles. The minimum absolute atomic E-state index is 1.16. The summed E-state index contributed by atoms with van der Waals surface area (Å²) in [6.07, 6.45) is 0. The molecule has 0 N–H and O–H groups in total. The van der Waals surface area contributed by atoms with Crippen molar-refractivity contribution in [2.45, 2.75) is 0 Å². The van der Waals surface area contributed by atoms with E-state index in [1.54, 1.807) is 0 Å². The summed E-state index contributed by atoms with van der Waals surface area (Å²) in [4.78, 5) is 0. The smallest absolute Gasteiger partial charge is 0.181 e. The Morgan fingerprint density at radius 1 is 0.314 bits per heavy atom. The first-order chi connectivity index (χ1) is 25.4. The Bertz CT molecular complexity index is 2730. The summed E-state index contributed by atoms with van der Waals surface area (Å²) in [5.74, 6) is 0. The van der Waals surface area contributed by atoms with Crippen LogP contribution in [0.3, 0.4) is 0 Å². The van der Waals surface area contributed by atoms with Crippen molar-refractivity contribution >= 4 is 72.4 Å². The van der Waals surface area contributed by atoms with Crippen LogP contribution < -0.4 is 20.7 Å². The first-order valence-electron chi connectivity index (χ1n) is 17.6. The van der Waals surface area contributed by atoms with Gasteiger partial charge in [0.2, 0.25) is 0 Å². The third-order valence-corrected chi connectivity index (χ3v) is 15.4. The maximum absolute atomic E-state index is 3.00. The molecule has 0 amide bonds. The molecule has 240 valence electrons.